The average Bonchev–Trinajstić information content (AvgIpc) is 2.86. The van der Waals surface area contributed by atoms with Crippen molar-refractivity contribution in [3.05, 3.63) is 35.9 Å². The maximum atomic E-state index is 5.70. The first-order valence-corrected chi connectivity index (χ1v) is 4.13. The monoisotopic (exact) mass is 226 g/mol. The molecule has 0 saturated heterocycles. The lowest BCUT2D eigenvalue weighted by Gasteiger charge is -2.11. The van der Waals surface area contributed by atoms with Crippen LogP contribution in [-0.4, -0.2) is 6.54 Å². The van der Waals surface area contributed by atoms with E-state index >= 15 is 0 Å². The predicted octanol–water partition coefficient (Wildman–Crippen LogP) is -1.32. The number of rotatable bonds is 2. The molecule has 2 rings (SSSR count). The highest BCUT2D eigenvalue weighted by Crippen LogP contribution is 2.46. The molecule has 0 amide bonds. The molecule has 0 bridgehead atoms. The maximum absolute atomic E-state index is 5.70. The first-order chi connectivity index (χ1) is 5.37. The van der Waals surface area contributed by atoms with Gasteiger partial charge in [0, 0.05) is 12.0 Å². The minimum absolute atomic E-state index is 0. The lowest BCUT2D eigenvalue weighted by molar-refractivity contribution is -0.00000234. The van der Waals surface area contributed by atoms with Gasteiger partial charge in [-0.1, -0.05) is 30.3 Å². The number of halogens is 1. The highest BCUT2D eigenvalue weighted by molar-refractivity contribution is 5.31. The smallest absolute Gasteiger partial charge is 0.00762 e. The zero-order chi connectivity index (χ0) is 7.73. The molecule has 0 heterocycles. The van der Waals surface area contributed by atoms with Crippen LogP contribution in [0.3, 0.4) is 0 Å². The predicted molar refractivity (Wildman–Crippen MR) is 46.4 cm³/mol. The summed E-state index contributed by atoms with van der Waals surface area (Å²) in [5, 5.41) is 0. The van der Waals surface area contributed by atoms with Crippen LogP contribution in [0.4, 0.5) is 0 Å². The summed E-state index contributed by atoms with van der Waals surface area (Å²) in [6, 6.07) is 10.6. The van der Waals surface area contributed by atoms with Crippen LogP contribution in [0.5, 0.6) is 0 Å². The fourth-order valence-electron chi connectivity index (χ4n) is 1.55. The number of hydrogen-bond donors (Lipinski definition) is 1. The molecule has 1 aliphatic rings. The van der Waals surface area contributed by atoms with Crippen molar-refractivity contribution in [2.24, 2.45) is 5.73 Å². The summed E-state index contributed by atoms with van der Waals surface area (Å²) < 4.78 is 0. The van der Waals surface area contributed by atoms with Gasteiger partial charge in [0.05, 0.1) is 0 Å². The lowest BCUT2D eigenvalue weighted by Crippen LogP contribution is -3.00. The van der Waals surface area contributed by atoms with Crippen LogP contribution < -0.4 is 22.7 Å². The molecule has 1 nitrogen and oxygen atoms in total. The minimum atomic E-state index is 0. The lowest BCUT2D eigenvalue weighted by atomic mass is 9.97. The van der Waals surface area contributed by atoms with Crippen LogP contribution in [-0.2, 0) is 5.41 Å². The van der Waals surface area contributed by atoms with E-state index in [9.17, 15) is 0 Å². The molecular formula is C10H13BrN-. The van der Waals surface area contributed by atoms with Gasteiger partial charge in [-0.15, -0.1) is 0 Å². The Morgan fingerprint density at radius 2 is 1.75 bits per heavy atom. The molecule has 2 heteroatoms. The van der Waals surface area contributed by atoms with Crippen molar-refractivity contribution >= 4 is 0 Å². The molecule has 66 valence electrons. The SMILES string of the molecule is NCC1(c2ccccc2)CC1.[Br-]. The van der Waals surface area contributed by atoms with E-state index in [0.717, 1.165) is 6.54 Å². The van der Waals surface area contributed by atoms with Gasteiger partial charge in [-0.3, -0.25) is 0 Å². The second-order valence-electron chi connectivity index (χ2n) is 3.35. The molecule has 0 unspecified atom stereocenters. The Morgan fingerprint density at radius 1 is 1.17 bits per heavy atom. The second kappa shape index (κ2) is 3.58. The minimum Gasteiger partial charge on any atom is -1.00 e. The summed E-state index contributed by atoms with van der Waals surface area (Å²) in [6.45, 7) is 0.803. The summed E-state index contributed by atoms with van der Waals surface area (Å²) in [4.78, 5) is 0. The molecule has 0 spiro atoms. The highest BCUT2D eigenvalue weighted by atomic mass is 79.9. The van der Waals surface area contributed by atoms with E-state index in [0.29, 0.717) is 5.41 Å². The molecule has 1 aromatic carbocycles. The standard InChI is InChI=1S/C10H13N.BrH/c11-8-10(6-7-10)9-4-2-1-3-5-9;/h1-5H,6-8,11H2;1H/p-1. The van der Waals surface area contributed by atoms with Crippen molar-refractivity contribution in [2.75, 3.05) is 6.54 Å². The van der Waals surface area contributed by atoms with Crippen molar-refractivity contribution in [3.8, 4) is 0 Å². The molecular weight excluding hydrogens is 214 g/mol. The Kier molecular flexibility index (Phi) is 2.91. The Balaban J connectivity index is 0.000000720. The van der Waals surface area contributed by atoms with Crippen molar-refractivity contribution in [1.82, 2.24) is 0 Å². The van der Waals surface area contributed by atoms with E-state index < -0.39 is 0 Å². The largest absolute Gasteiger partial charge is 1.00 e. The van der Waals surface area contributed by atoms with E-state index in [1.54, 1.807) is 0 Å². The fourth-order valence-corrected chi connectivity index (χ4v) is 1.55. The zero-order valence-electron chi connectivity index (χ0n) is 6.96. The van der Waals surface area contributed by atoms with Crippen LogP contribution >= 0.6 is 0 Å². The molecule has 2 N–H and O–H groups in total. The van der Waals surface area contributed by atoms with Gasteiger partial charge in [-0.25, -0.2) is 0 Å². The normalized spacial score (nSPS) is 18.1. The Hall–Kier alpha value is -0.340. The topological polar surface area (TPSA) is 26.0 Å². The van der Waals surface area contributed by atoms with Gasteiger partial charge in [0.15, 0.2) is 0 Å². The molecule has 0 aliphatic heterocycles. The van der Waals surface area contributed by atoms with Crippen LogP contribution in [0.2, 0.25) is 0 Å². The van der Waals surface area contributed by atoms with Crippen LogP contribution in [0, 0.1) is 0 Å². The van der Waals surface area contributed by atoms with Crippen molar-refractivity contribution in [2.45, 2.75) is 18.3 Å². The molecule has 12 heavy (non-hydrogen) atoms. The number of hydrogen-bond acceptors (Lipinski definition) is 1. The van der Waals surface area contributed by atoms with Crippen LogP contribution in [0.15, 0.2) is 30.3 Å². The van der Waals surface area contributed by atoms with Gasteiger partial charge in [0.1, 0.15) is 0 Å². The maximum Gasteiger partial charge on any atom is 0.00762 e. The zero-order valence-corrected chi connectivity index (χ0v) is 8.55. The molecule has 1 aromatic rings. The fraction of sp³-hybridized carbons (Fsp3) is 0.400. The van der Waals surface area contributed by atoms with Gasteiger partial charge in [0.25, 0.3) is 0 Å². The molecule has 0 atom stereocenters. The Morgan fingerprint density at radius 3 is 2.17 bits per heavy atom. The van der Waals surface area contributed by atoms with Gasteiger partial charge in [-0.05, 0) is 18.4 Å². The van der Waals surface area contributed by atoms with E-state index in [1.807, 2.05) is 0 Å². The van der Waals surface area contributed by atoms with Crippen molar-refractivity contribution in [1.29, 1.82) is 0 Å². The quantitative estimate of drug-likeness (QED) is 0.666. The van der Waals surface area contributed by atoms with E-state index in [2.05, 4.69) is 30.3 Å². The van der Waals surface area contributed by atoms with E-state index in [-0.39, 0.29) is 17.0 Å². The van der Waals surface area contributed by atoms with E-state index in [4.69, 9.17) is 5.73 Å². The third-order valence-corrected chi connectivity index (χ3v) is 2.63. The summed E-state index contributed by atoms with van der Waals surface area (Å²) in [5.41, 5.74) is 7.48. The first kappa shape index (κ1) is 9.75. The summed E-state index contributed by atoms with van der Waals surface area (Å²) in [7, 11) is 0. The van der Waals surface area contributed by atoms with Crippen molar-refractivity contribution < 1.29 is 17.0 Å². The molecule has 1 saturated carbocycles. The summed E-state index contributed by atoms with van der Waals surface area (Å²) >= 11 is 0. The highest BCUT2D eigenvalue weighted by Gasteiger charge is 2.42. The average molecular weight is 227 g/mol. The van der Waals surface area contributed by atoms with E-state index in [1.165, 1.54) is 18.4 Å². The van der Waals surface area contributed by atoms with Gasteiger partial charge in [-0.2, -0.15) is 0 Å². The third kappa shape index (κ3) is 1.54. The third-order valence-electron chi connectivity index (χ3n) is 2.63. The molecule has 1 aliphatic carbocycles. The molecule has 0 aromatic heterocycles. The second-order valence-corrected chi connectivity index (χ2v) is 3.35. The first-order valence-electron chi connectivity index (χ1n) is 4.13. The van der Waals surface area contributed by atoms with Gasteiger partial charge in [0.2, 0.25) is 0 Å². The molecule has 1 fully saturated rings. The molecule has 0 radical (unpaired) electrons. The van der Waals surface area contributed by atoms with Gasteiger partial charge < -0.3 is 22.7 Å². The van der Waals surface area contributed by atoms with Gasteiger partial charge >= 0.3 is 0 Å². The number of nitrogens with two attached hydrogens (primary N) is 1. The summed E-state index contributed by atoms with van der Waals surface area (Å²) in [5.74, 6) is 0. The van der Waals surface area contributed by atoms with Crippen LogP contribution in [0.1, 0.15) is 18.4 Å². The number of benzene rings is 1. The Bertz CT molecular complexity index is 241. The Labute approximate surface area is 83.7 Å². The summed E-state index contributed by atoms with van der Waals surface area (Å²) in [6.07, 6.45) is 2.54. The van der Waals surface area contributed by atoms with Crippen molar-refractivity contribution in [3.63, 3.8) is 0 Å². The van der Waals surface area contributed by atoms with Crippen LogP contribution in [0.25, 0.3) is 0 Å².